The van der Waals surface area contributed by atoms with Gasteiger partial charge in [0, 0.05) is 24.1 Å². The summed E-state index contributed by atoms with van der Waals surface area (Å²) in [5.74, 6) is 3.14. The van der Waals surface area contributed by atoms with Crippen LogP contribution >= 0.6 is 23.5 Å². The van der Waals surface area contributed by atoms with Crippen molar-refractivity contribution in [3.8, 4) is 11.4 Å². The molecule has 3 nitrogen and oxygen atoms in total. The highest BCUT2D eigenvalue weighted by molar-refractivity contribution is 8.02. The van der Waals surface area contributed by atoms with E-state index in [1.54, 1.807) is 11.8 Å². The molecular formula is C13H17N3S2. The second-order valence-corrected chi connectivity index (χ2v) is 6.12. The molecule has 2 aromatic rings. The fourth-order valence-corrected chi connectivity index (χ4v) is 3.17. The molecule has 0 aliphatic rings. The van der Waals surface area contributed by atoms with Gasteiger partial charge in [0.1, 0.15) is 0 Å². The zero-order chi connectivity index (χ0) is 13.0. The van der Waals surface area contributed by atoms with E-state index in [2.05, 4.69) is 52.2 Å². The van der Waals surface area contributed by atoms with Gasteiger partial charge >= 0.3 is 0 Å². The van der Waals surface area contributed by atoms with Gasteiger partial charge in [-0.1, -0.05) is 41.6 Å². The summed E-state index contributed by atoms with van der Waals surface area (Å²) in [6, 6.07) is 8.39. The quantitative estimate of drug-likeness (QED) is 0.621. The third-order valence-corrected chi connectivity index (χ3v) is 4.56. The Hall–Kier alpha value is -0.940. The molecule has 0 saturated heterocycles. The number of aromatic nitrogens is 3. The van der Waals surface area contributed by atoms with Gasteiger partial charge in [0.25, 0.3) is 0 Å². The average molecular weight is 279 g/mol. The van der Waals surface area contributed by atoms with Crippen LogP contribution in [0.5, 0.6) is 0 Å². The number of nitrogens with zero attached hydrogens (tertiary/aromatic N) is 3. The maximum atomic E-state index is 4.28. The summed E-state index contributed by atoms with van der Waals surface area (Å²) in [7, 11) is 2.02. The minimum atomic E-state index is 0.932. The molecule has 1 aromatic carbocycles. The van der Waals surface area contributed by atoms with Crippen molar-refractivity contribution in [3.05, 3.63) is 29.8 Å². The average Bonchev–Trinajstić information content (AvgIpc) is 2.73. The van der Waals surface area contributed by atoms with Gasteiger partial charge in [0.2, 0.25) is 0 Å². The normalized spacial score (nSPS) is 10.8. The largest absolute Gasteiger partial charge is 0.305 e. The van der Waals surface area contributed by atoms with Crippen LogP contribution < -0.4 is 0 Å². The smallest absolute Gasteiger partial charge is 0.191 e. The van der Waals surface area contributed by atoms with Crippen molar-refractivity contribution in [2.24, 2.45) is 7.05 Å². The molecule has 0 saturated carbocycles. The second-order valence-electron chi connectivity index (χ2n) is 4.07. The molecule has 0 spiro atoms. The molecule has 96 valence electrons. The van der Waals surface area contributed by atoms with E-state index in [1.165, 1.54) is 5.56 Å². The third kappa shape index (κ3) is 3.09. The lowest BCUT2D eigenvalue weighted by molar-refractivity contribution is 0.794. The maximum Gasteiger partial charge on any atom is 0.191 e. The Morgan fingerprint density at radius 2 is 1.83 bits per heavy atom. The minimum absolute atomic E-state index is 0.932. The molecular weight excluding hydrogens is 262 g/mol. The van der Waals surface area contributed by atoms with Gasteiger partial charge in [-0.05, 0) is 13.2 Å². The van der Waals surface area contributed by atoms with E-state index in [0.717, 1.165) is 28.0 Å². The zero-order valence-corrected chi connectivity index (χ0v) is 12.5. The van der Waals surface area contributed by atoms with Crippen LogP contribution in [0.4, 0.5) is 0 Å². The third-order valence-electron chi connectivity index (χ3n) is 2.66. The Balaban J connectivity index is 2.17. The standard InChI is InChI=1S/C13H17N3S2/c1-10-4-6-11(7-5-10)12-14-15-13(16(12)2)18-9-8-17-3/h4-7H,8-9H2,1-3H3. The number of thioether (sulfide) groups is 2. The van der Waals surface area contributed by atoms with Crippen molar-refractivity contribution in [1.29, 1.82) is 0 Å². The molecule has 0 fully saturated rings. The SMILES string of the molecule is CSCCSc1nnc(-c2ccc(C)cc2)n1C. The molecule has 18 heavy (non-hydrogen) atoms. The highest BCUT2D eigenvalue weighted by atomic mass is 32.2. The van der Waals surface area contributed by atoms with Gasteiger partial charge in [-0.2, -0.15) is 11.8 Å². The Morgan fingerprint density at radius 3 is 2.50 bits per heavy atom. The fourth-order valence-electron chi connectivity index (χ4n) is 1.61. The zero-order valence-electron chi connectivity index (χ0n) is 10.9. The van der Waals surface area contributed by atoms with E-state index in [9.17, 15) is 0 Å². The summed E-state index contributed by atoms with van der Waals surface area (Å²) in [5.41, 5.74) is 2.38. The summed E-state index contributed by atoms with van der Waals surface area (Å²) >= 11 is 3.61. The first-order chi connectivity index (χ1) is 8.72. The van der Waals surface area contributed by atoms with Crippen LogP contribution in [0.25, 0.3) is 11.4 Å². The molecule has 0 aliphatic carbocycles. The molecule has 0 atom stereocenters. The first-order valence-corrected chi connectivity index (χ1v) is 8.18. The fraction of sp³-hybridized carbons (Fsp3) is 0.385. The lowest BCUT2D eigenvalue weighted by Crippen LogP contribution is -1.95. The molecule has 0 amide bonds. The van der Waals surface area contributed by atoms with Crippen molar-refractivity contribution >= 4 is 23.5 Å². The van der Waals surface area contributed by atoms with Crippen LogP contribution in [-0.2, 0) is 7.05 Å². The molecule has 0 radical (unpaired) electrons. The Kier molecular flexibility index (Phi) is 4.72. The predicted octanol–water partition coefficient (Wildman–Crippen LogP) is 3.25. The molecule has 0 unspecified atom stereocenters. The van der Waals surface area contributed by atoms with Crippen LogP contribution in [0.2, 0.25) is 0 Å². The van der Waals surface area contributed by atoms with Crippen molar-refractivity contribution in [2.45, 2.75) is 12.1 Å². The Morgan fingerprint density at radius 1 is 1.11 bits per heavy atom. The highest BCUT2D eigenvalue weighted by Crippen LogP contribution is 2.23. The van der Waals surface area contributed by atoms with Crippen molar-refractivity contribution in [3.63, 3.8) is 0 Å². The Labute approximate surface area is 116 Å². The highest BCUT2D eigenvalue weighted by Gasteiger charge is 2.10. The van der Waals surface area contributed by atoms with Crippen LogP contribution in [-0.4, -0.2) is 32.5 Å². The van der Waals surface area contributed by atoms with E-state index < -0.39 is 0 Å². The predicted molar refractivity (Wildman–Crippen MR) is 80.3 cm³/mol. The molecule has 0 bridgehead atoms. The van der Waals surface area contributed by atoms with Gasteiger partial charge in [-0.15, -0.1) is 10.2 Å². The minimum Gasteiger partial charge on any atom is -0.305 e. The maximum absolute atomic E-state index is 4.28. The van der Waals surface area contributed by atoms with Gasteiger partial charge < -0.3 is 4.57 Å². The van der Waals surface area contributed by atoms with Crippen molar-refractivity contribution in [1.82, 2.24) is 14.8 Å². The van der Waals surface area contributed by atoms with Crippen molar-refractivity contribution in [2.75, 3.05) is 17.8 Å². The molecule has 1 heterocycles. The molecule has 1 aromatic heterocycles. The second kappa shape index (κ2) is 6.29. The first-order valence-electron chi connectivity index (χ1n) is 5.80. The molecule has 0 N–H and O–H groups in total. The van der Waals surface area contributed by atoms with Crippen molar-refractivity contribution < 1.29 is 0 Å². The van der Waals surface area contributed by atoms with Gasteiger partial charge in [0.15, 0.2) is 11.0 Å². The number of aryl methyl sites for hydroxylation is 1. The lowest BCUT2D eigenvalue weighted by atomic mass is 10.1. The van der Waals surface area contributed by atoms with Gasteiger partial charge in [-0.3, -0.25) is 0 Å². The van der Waals surface area contributed by atoms with Gasteiger partial charge in [-0.25, -0.2) is 0 Å². The van der Waals surface area contributed by atoms with Crippen LogP contribution in [0.1, 0.15) is 5.56 Å². The van der Waals surface area contributed by atoms with Gasteiger partial charge in [0.05, 0.1) is 0 Å². The molecule has 0 aliphatic heterocycles. The topological polar surface area (TPSA) is 30.7 Å². The summed E-state index contributed by atoms with van der Waals surface area (Å²) in [6.45, 7) is 2.09. The van der Waals surface area contributed by atoms with E-state index in [0.29, 0.717) is 0 Å². The summed E-state index contributed by atoms with van der Waals surface area (Å²) in [4.78, 5) is 0. The molecule has 5 heteroatoms. The first kappa shape index (κ1) is 13.5. The Bertz CT molecular complexity index is 505. The monoisotopic (exact) mass is 279 g/mol. The van der Waals surface area contributed by atoms with E-state index in [-0.39, 0.29) is 0 Å². The molecule has 2 rings (SSSR count). The van der Waals surface area contributed by atoms with E-state index >= 15 is 0 Å². The van der Waals surface area contributed by atoms with Crippen LogP contribution in [0.15, 0.2) is 29.4 Å². The summed E-state index contributed by atoms with van der Waals surface area (Å²) in [6.07, 6.45) is 2.12. The number of benzene rings is 1. The lowest BCUT2D eigenvalue weighted by Gasteiger charge is -2.03. The number of rotatable bonds is 5. The summed E-state index contributed by atoms with van der Waals surface area (Å²) < 4.78 is 2.07. The summed E-state index contributed by atoms with van der Waals surface area (Å²) in [5, 5.41) is 9.52. The van der Waals surface area contributed by atoms with E-state index in [1.807, 2.05) is 18.8 Å². The van der Waals surface area contributed by atoms with Crippen LogP contribution in [0.3, 0.4) is 0 Å². The number of hydrogen-bond donors (Lipinski definition) is 0. The van der Waals surface area contributed by atoms with E-state index in [4.69, 9.17) is 0 Å². The number of hydrogen-bond acceptors (Lipinski definition) is 4. The van der Waals surface area contributed by atoms with Crippen LogP contribution in [0, 0.1) is 6.92 Å².